The molecule has 0 nitrogen and oxygen atoms in total. The van der Waals surface area contributed by atoms with Gasteiger partial charge in [-0.2, -0.15) is 0 Å². The Balaban J connectivity index is 3.04. The molecular formula is C5H4IS. The van der Waals surface area contributed by atoms with E-state index >= 15 is 0 Å². The summed E-state index contributed by atoms with van der Waals surface area (Å²) in [5.41, 5.74) is 0. The smallest absolute Gasteiger partial charge is 0.0656 e. The van der Waals surface area contributed by atoms with Crippen LogP contribution in [0, 0.1) is 9.81 Å². The molecule has 0 amide bonds. The lowest BCUT2D eigenvalue weighted by Crippen LogP contribution is -1.43. The maximum atomic E-state index is 3.76. The van der Waals surface area contributed by atoms with Gasteiger partial charge in [-0.1, -0.05) is 0 Å². The molecule has 0 atom stereocenters. The van der Waals surface area contributed by atoms with Gasteiger partial charge >= 0.3 is 0 Å². The lowest BCUT2D eigenvalue weighted by atomic mass is 10.5. The van der Waals surface area contributed by atoms with Crippen LogP contribution in [-0.4, -0.2) is 0 Å². The van der Waals surface area contributed by atoms with E-state index in [0.717, 1.165) is 4.88 Å². The van der Waals surface area contributed by atoms with Gasteiger partial charge in [-0.05, 0) is 41.6 Å². The molecule has 0 N–H and O–H groups in total. The SMILES string of the molecule is [CH2]c1ccc(I)s1. The van der Waals surface area contributed by atoms with E-state index in [2.05, 4.69) is 35.6 Å². The summed E-state index contributed by atoms with van der Waals surface area (Å²) < 4.78 is 1.31. The Morgan fingerprint density at radius 3 is 2.43 bits per heavy atom. The van der Waals surface area contributed by atoms with Crippen molar-refractivity contribution in [3.05, 3.63) is 26.8 Å². The molecule has 7 heavy (non-hydrogen) atoms. The van der Waals surface area contributed by atoms with Crippen LogP contribution in [0.3, 0.4) is 0 Å². The van der Waals surface area contributed by atoms with Gasteiger partial charge in [0.2, 0.25) is 0 Å². The summed E-state index contributed by atoms with van der Waals surface area (Å²) in [6.07, 6.45) is 0. The number of thiophene rings is 1. The molecule has 0 aliphatic rings. The van der Waals surface area contributed by atoms with Gasteiger partial charge in [0.15, 0.2) is 0 Å². The standard InChI is InChI=1S/C5H4IS/c1-4-2-3-5(6)7-4/h2-3H,1H2. The third kappa shape index (κ3) is 1.42. The Morgan fingerprint density at radius 1 is 1.57 bits per heavy atom. The maximum Gasteiger partial charge on any atom is 0.0656 e. The summed E-state index contributed by atoms with van der Waals surface area (Å²) >= 11 is 4.00. The quantitative estimate of drug-likeness (QED) is 0.593. The zero-order chi connectivity index (χ0) is 5.28. The Kier molecular flexibility index (Phi) is 1.69. The summed E-state index contributed by atoms with van der Waals surface area (Å²) in [6.45, 7) is 3.76. The molecule has 1 heterocycles. The molecule has 1 rings (SSSR count). The van der Waals surface area contributed by atoms with E-state index in [-0.39, 0.29) is 0 Å². The Labute approximate surface area is 60.7 Å². The molecule has 2 heteroatoms. The van der Waals surface area contributed by atoms with Crippen molar-refractivity contribution in [1.82, 2.24) is 0 Å². The first-order valence-corrected chi connectivity index (χ1v) is 3.76. The van der Waals surface area contributed by atoms with Crippen molar-refractivity contribution in [3.63, 3.8) is 0 Å². The Bertz CT molecular complexity index is 140. The van der Waals surface area contributed by atoms with Gasteiger partial charge in [0.25, 0.3) is 0 Å². The highest BCUT2D eigenvalue weighted by molar-refractivity contribution is 14.1. The van der Waals surface area contributed by atoms with Gasteiger partial charge in [-0.15, -0.1) is 11.3 Å². The van der Waals surface area contributed by atoms with E-state index in [1.807, 2.05) is 6.07 Å². The van der Waals surface area contributed by atoms with Crippen LogP contribution >= 0.6 is 33.9 Å². The fourth-order valence-corrected chi connectivity index (χ4v) is 1.90. The van der Waals surface area contributed by atoms with Crippen molar-refractivity contribution in [3.8, 4) is 0 Å². The molecule has 0 bridgehead atoms. The second-order valence-corrected chi connectivity index (χ2v) is 4.27. The molecule has 0 saturated carbocycles. The highest BCUT2D eigenvalue weighted by Crippen LogP contribution is 2.15. The van der Waals surface area contributed by atoms with E-state index in [1.54, 1.807) is 11.3 Å². The van der Waals surface area contributed by atoms with E-state index in [4.69, 9.17) is 0 Å². The summed E-state index contributed by atoms with van der Waals surface area (Å²) in [7, 11) is 0. The zero-order valence-electron chi connectivity index (χ0n) is 3.65. The van der Waals surface area contributed by atoms with Crippen LogP contribution in [0.4, 0.5) is 0 Å². The van der Waals surface area contributed by atoms with Crippen LogP contribution in [0.5, 0.6) is 0 Å². The molecule has 37 valence electrons. The zero-order valence-corrected chi connectivity index (χ0v) is 6.62. The fraction of sp³-hybridized carbons (Fsp3) is 0. The molecule has 1 aromatic rings. The van der Waals surface area contributed by atoms with Crippen LogP contribution in [0.25, 0.3) is 0 Å². The van der Waals surface area contributed by atoms with Crippen molar-refractivity contribution in [2.45, 2.75) is 0 Å². The summed E-state index contributed by atoms with van der Waals surface area (Å²) in [5.74, 6) is 0. The molecule has 0 fully saturated rings. The second-order valence-electron chi connectivity index (χ2n) is 1.21. The second kappa shape index (κ2) is 2.13. The molecule has 1 radical (unpaired) electrons. The van der Waals surface area contributed by atoms with Crippen LogP contribution in [0.1, 0.15) is 4.88 Å². The van der Waals surface area contributed by atoms with E-state index in [1.165, 1.54) is 2.88 Å². The van der Waals surface area contributed by atoms with Gasteiger partial charge < -0.3 is 0 Å². The molecule has 0 saturated heterocycles. The third-order valence-corrected chi connectivity index (χ3v) is 2.38. The number of halogens is 1. The van der Waals surface area contributed by atoms with Crippen molar-refractivity contribution < 1.29 is 0 Å². The highest BCUT2D eigenvalue weighted by atomic mass is 127. The summed E-state index contributed by atoms with van der Waals surface area (Å²) in [5, 5.41) is 0. The summed E-state index contributed by atoms with van der Waals surface area (Å²) in [6, 6.07) is 4.08. The van der Waals surface area contributed by atoms with Crippen LogP contribution in [0.15, 0.2) is 12.1 Å². The maximum absolute atomic E-state index is 3.76. The Morgan fingerprint density at radius 2 is 2.29 bits per heavy atom. The first-order chi connectivity index (χ1) is 3.29. The van der Waals surface area contributed by atoms with Crippen molar-refractivity contribution in [1.29, 1.82) is 0 Å². The van der Waals surface area contributed by atoms with Gasteiger partial charge in [0, 0.05) is 4.88 Å². The minimum Gasteiger partial charge on any atom is -0.134 e. The topological polar surface area (TPSA) is 0 Å². The normalized spacial score (nSPS) is 9.43. The van der Waals surface area contributed by atoms with E-state index in [0.29, 0.717) is 0 Å². The molecule has 0 spiro atoms. The molecule has 0 aromatic carbocycles. The third-order valence-electron chi connectivity index (χ3n) is 0.629. The highest BCUT2D eigenvalue weighted by Gasteiger charge is 1.86. The largest absolute Gasteiger partial charge is 0.134 e. The molecule has 0 unspecified atom stereocenters. The number of hydrogen-bond acceptors (Lipinski definition) is 1. The first-order valence-electron chi connectivity index (χ1n) is 1.86. The van der Waals surface area contributed by atoms with E-state index in [9.17, 15) is 0 Å². The minimum absolute atomic E-state index is 1.14. The lowest BCUT2D eigenvalue weighted by Gasteiger charge is -1.69. The van der Waals surface area contributed by atoms with Gasteiger partial charge in [-0.3, -0.25) is 0 Å². The molecule has 0 aliphatic heterocycles. The van der Waals surface area contributed by atoms with Crippen LogP contribution < -0.4 is 0 Å². The average molecular weight is 223 g/mol. The van der Waals surface area contributed by atoms with Crippen molar-refractivity contribution in [2.75, 3.05) is 0 Å². The molecular weight excluding hydrogens is 219 g/mol. The van der Waals surface area contributed by atoms with Crippen molar-refractivity contribution >= 4 is 33.9 Å². The van der Waals surface area contributed by atoms with Crippen LogP contribution in [-0.2, 0) is 0 Å². The van der Waals surface area contributed by atoms with E-state index < -0.39 is 0 Å². The van der Waals surface area contributed by atoms with Gasteiger partial charge in [-0.25, -0.2) is 0 Å². The predicted octanol–water partition coefficient (Wildman–Crippen LogP) is 2.53. The van der Waals surface area contributed by atoms with Crippen molar-refractivity contribution in [2.24, 2.45) is 0 Å². The molecule has 0 aliphatic carbocycles. The monoisotopic (exact) mass is 223 g/mol. The number of hydrogen-bond donors (Lipinski definition) is 0. The molecule has 1 aromatic heterocycles. The predicted molar refractivity (Wildman–Crippen MR) is 41.5 cm³/mol. The van der Waals surface area contributed by atoms with Gasteiger partial charge in [0.1, 0.15) is 0 Å². The fourth-order valence-electron chi connectivity index (χ4n) is 0.352. The summed E-state index contributed by atoms with van der Waals surface area (Å²) in [4.78, 5) is 1.14. The van der Waals surface area contributed by atoms with Crippen LogP contribution in [0.2, 0.25) is 0 Å². The first kappa shape index (κ1) is 5.56. The Hall–Kier alpha value is 0.430. The van der Waals surface area contributed by atoms with Gasteiger partial charge in [0.05, 0.1) is 2.88 Å². The average Bonchev–Trinajstić information content (AvgIpc) is 1.87. The minimum atomic E-state index is 1.14. The number of rotatable bonds is 0. The lowest BCUT2D eigenvalue weighted by molar-refractivity contribution is 1.87.